The number of amides is 2. The van der Waals surface area contributed by atoms with Crippen LogP contribution in [-0.4, -0.2) is 46.2 Å². The fraction of sp³-hybridized carbons (Fsp3) is 0.286. The fourth-order valence-corrected chi connectivity index (χ4v) is 5.31. The molecular weight excluding hydrogens is 478 g/mol. The average molecular weight is 506 g/mol. The van der Waals surface area contributed by atoms with Crippen LogP contribution < -0.4 is 4.90 Å². The van der Waals surface area contributed by atoms with Crippen molar-refractivity contribution >= 4 is 29.3 Å². The molecule has 0 aliphatic carbocycles. The van der Waals surface area contributed by atoms with Gasteiger partial charge < -0.3 is 19.7 Å². The molecule has 2 heterocycles. The Balaban J connectivity index is 1.41. The molecule has 1 fully saturated rings. The lowest BCUT2D eigenvalue weighted by atomic mass is 10.0. The van der Waals surface area contributed by atoms with E-state index in [0.29, 0.717) is 40.3 Å². The molecule has 3 atom stereocenters. The van der Waals surface area contributed by atoms with E-state index >= 15 is 0 Å². The highest BCUT2D eigenvalue weighted by Crippen LogP contribution is 2.40. The van der Waals surface area contributed by atoms with E-state index in [1.54, 1.807) is 54.2 Å². The molecule has 36 heavy (non-hydrogen) atoms. The van der Waals surface area contributed by atoms with Gasteiger partial charge in [0, 0.05) is 23.5 Å². The van der Waals surface area contributed by atoms with Crippen molar-refractivity contribution in [2.24, 2.45) is 0 Å². The number of ether oxygens (including phenoxy) is 2. The van der Waals surface area contributed by atoms with Gasteiger partial charge in [0.1, 0.15) is 0 Å². The number of anilines is 1. The standard InChI is InChI=1S/C28H27NO6S/c30-12-13-36-17-22-15-25(19-10-8-18(16-31)9-11-19)35-28(34-22)20-4-3-5-21(14-20)29-26(32)23-6-1-2-7-24(23)27(29)33/h1-11,14,22,25,28,30-31H,12-13,15-17H2/t22-,25+,28+/m0/s1. The number of rotatable bonds is 8. The molecule has 0 aromatic heterocycles. The van der Waals surface area contributed by atoms with Crippen molar-refractivity contribution in [3.63, 3.8) is 0 Å². The van der Waals surface area contributed by atoms with Crippen LogP contribution in [0.15, 0.2) is 72.8 Å². The smallest absolute Gasteiger partial charge is 0.266 e. The molecule has 2 aliphatic heterocycles. The van der Waals surface area contributed by atoms with Crippen molar-refractivity contribution < 1.29 is 29.3 Å². The van der Waals surface area contributed by atoms with Crippen LogP contribution in [0.5, 0.6) is 0 Å². The van der Waals surface area contributed by atoms with Crippen molar-refractivity contribution in [2.75, 3.05) is 23.0 Å². The Morgan fingerprint density at radius 1 is 0.861 bits per heavy atom. The lowest BCUT2D eigenvalue weighted by Crippen LogP contribution is -2.32. The molecule has 8 heteroatoms. The highest BCUT2D eigenvalue weighted by molar-refractivity contribution is 7.99. The van der Waals surface area contributed by atoms with E-state index in [0.717, 1.165) is 11.1 Å². The first-order valence-electron chi connectivity index (χ1n) is 11.9. The third-order valence-corrected chi connectivity index (χ3v) is 7.43. The number of hydrogen-bond donors (Lipinski definition) is 2. The van der Waals surface area contributed by atoms with E-state index < -0.39 is 6.29 Å². The number of imide groups is 1. The Hall–Kier alpha value is -3.01. The molecule has 0 unspecified atom stereocenters. The molecule has 2 N–H and O–H groups in total. The molecule has 2 aliphatic rings. The minimum Gasteiger partial charge on any atom is -0.396 e. The van der Waals surface area contributed by atoms with E-state index in [1.807, 2.05) is 30.3 Å². The first kappa shape index (κ1) is 24.7. The highest BCUT2D eigenvalue weighted by Gasteiger charge is 2.37. The maximum Gasteiger partial charge on any atom is 0.266 e. The van der Waals surface area contributed by atoms with Gasteiger partial charge in [0.15, 0.2) is 6.29 Å². The summed E-state index contributed by atoms with van der Waals surface area (Å²) < 4.78 is 12.7. The summed E-state index contributed by atoms with van der Waals surface area (Å²) in [5.41, 5.74) is 3.76. The number of aliphatic hydroxyl groups is 2. The molecule has 186 valence electrons. The molecule has 3 aromatic rings. The van der Waals surface area contributed by atoms with Crippen LogP contribution in [0.25, 0.3) is 0 Å². The number of hydrogen-bond acceptors (Lipinski definition) is 7. The van der Waals surface area contributed by atoms with E-state index in [-0.39, 0.29) is 37.2 Å². The topological polar surface area (TPSA) is 96.3 Å². The van der Waals surface area contributed by atoms with Gasteiger partial charge in [-0.25, -0.2) is 4.90 Å². The molecular formula is C28H27NO6S. The second-order valence-corrected chi connectivity index (χ2v) is 9.88. The van der Waals surface area contributed by atoms with Crippen LogP contribution in [0.2, 0.25) is 0 Å². The monoisotopic (exact) mass is 505 g/mol. The van der Waals surface area contributed by atoms with E-state index in [1.165, 1.54) is 4.90 Å². The third-order valence-electron chi connectivity index (χ3n) is 6.35. The zero-order chi connectivity index (χ0) is 25.1. The van der Waals surface area contributed by atoms with Gasteiger partial charge in [0.05, 0.1) is 42.2 Å². The molecule has 0 radical (unpaired) electrons. The van der Waals surface area contributed by atoms with Crippen molar-refractivity contribution in [1.29, 1.82) is 0 Å². The number of nitrogens with zero attached hydrogens (tertiary/aromatic N) is 1. The number of carbonyl (C=O) groups is 2. The molecule has 0 saturated carbocycles. The largest absolute Gasteiger partial charge is 0.396 e. The molecule has 0 spiro atoms. The molecule has 5 rings (SSSR count). The maximum atomic E-state index is 13.0. The maximum absolute atomic E-state index is 13.0. The fourth-order valence-electron chi connectivity index (χ4n) is 4.54. The summed E-state index contributed by atoms with van der Waals surface area (Å²) in [4.78, 5) is 27.2. The Bertz CT molecular complexity index is 1210. The number of carbonyl (C=O) groups excluding carboxylic acids is 2. The molecule has 0 bridgehead atoms. The average Bonchev–Trinajstić information content (AvgIpc) is 3.18. The van der Waals surface area contributed by atoms with Gasteiger partial charge >= 0.3 is 0 Å². The SMILES string of the molecule is O=C1c2ccccc2C(=O)N1c1cccc([C@@H]2O[C@H](CSCCO)C[C@H](c3ccc(CO)cc3)O2)c1. The predicted molar refractivity (Wildman–Crippen MR) is 137 cm³/mol. The Labute approximate surface area is 213 Å². The first-order chi connectivity index (χ1) is 17.6. The van der Waals surface area contributed by atoms with Gasteiger partial charge in [-0.3, -0.25) is 9.59 Å². The molecule has 3 aromatic carbocycles. The van der Waals surface area contributed by atoms with Crippen LogP contribution in [0.1, 0.15) is 56.2 Å². The first-order valence-corrected chi connectivity index (χ1v) is 13.0. The zero-order valence-corrected chi connectivity index (χ0v) is 20.4. The van der Waals surface area contributed by atoms with Gasteiger partial charge in [-0.2, -0.15) is 11.8 Å². The van der Waals surface area contributed by atoms with Gasteiger partial charge in [-0.1, -0.05) is 48.5 Å². The summed E-state index contributed by atoms with van der Waals surface area (Å²) in [5, 5.41) is 18.6. The summed E-state index contributed by atoms with van der Waals surface area (Å²) >= 11 is 1.62. The van der Waals surface area contributed by atoms with Crippen LogP contribution in [0.4, 0.5) is 5.69 Å². The minimum atomic E-state index is -0.698. The Morgan fingerprint density at radius 2 is 1.58 bits per heavy atom. The van der Waals surface area contributed by atoms with Crippen LogP contribution in [0, 0.1) is 0 Å². The van der Waals surface area contributed by atoms with Crippen LogP contribution in [-0.2, 0) is 16.1 Å². The van der Waals surface area contributed by atoms with Crippen LogP contribution in [0.3, 0.4) is 0 Å². The zero-order valence-electron chi connectivity index (χ0n) is 19.6. The minimum absolute atomic E-state index is 0.0252. The molecule has 1 saturated heterocycles. The van der Waals surface area contributed by atoms with Crippen molar-refractivity contribution in [3.05, 3.63) is 101 Å². The summed E-state index contributed by atoms with van der Waals surface area (Å²) in [6.07, 6.45) is -0.410. The normalized spacial score (nSPS) is 21.6. The highest BCUT2D eigenvalue weighted by atomic mass is 32.2. The van der Waals surface area contributed by atoms with Gasteiger partial charge in [0.25, 0.3) is 11.8 Å². The third kappa shape index (κ3) is 4.96. The van der Waals surface area contributed by atoms with Crippen LogP contribution >= 0.6 is 11.8 Å². The molecule has 2 amide bonds. The Morgan fingerprint density at radius 3 is 2.25 bits per heavy atom. The van der Waals surface area contributed by atoms with E-state index in [9.17, 15) is 19.8 Å². The lowest BCUT2D eigenvalue weighted by Gasteiger charge is -2.36. The quantitative estimate of drug-likeness (QED) is 0.349. The number of benzene rings is 3. The van der Waals surface area contributed by atoms with Crippen molar-refractivity contribution in [2.45, 2.75) is 31.5 Å². The summed E-state index contributed by atoms with van der Waals surface area (Å²) in [6, 6.07) is 21.6. The predicted octanol–water partition coefficient (Wildman–Crippen LogP) is 4.25. The Kier molecular flexibility index (Phi) is 7.50. The second-order valence-electron chi connectivity index (χ2n) is 8.73. The molecule has 7 nitrogen and oxygen atoms in total. The van der Waals surface area contributed by atoms with E-state index in [2.05, 4.69) is 0 Å². The van der Waals surface area contributed by atoms with Gasteiger partial charge in [0.2, 0.25) is 0 Å². The number of fused-ring (bicyclic) bond motifs is 1. The van der Waals surface area contributed by atoms with Crippen molar-refractivity contribution in [1.82, 2.24) is 0 Å². The van der Waals surface area contributed by atoms with Gasteiger partial charge in [-0.15, -0.1) is 0 Å². The van der Waals surface area contributed by atoms with E-state index in [4.69, 9.17) is 9.47 Å². The summed E-state index contributed by atoms with van der Waals surface area (Å²) in [6.45, 7) is 0.0776. The lowest BCUT2D eigenvalue weighted by molar-refractivity contribution is -0.245. The second kappa shape index (κ2) is 10.9. The van der Waals surface area contributed by atoms with Gasteiger partial charge in [-0.05, 0) is 35.4 Å². The number of aliphatic hydroxyl groups excluding tert-OH is 2. The number of thioether (sulfide) groups is 1. The summed E-state index contributed by atoms with van der Waals surface area (Å²) in [5.74, 6) is 0.622. The summed E-state index contributed by atoms with van der Waals surface area (Å²) in [7, 11) is 0. The van der Waals surface area contributed by atoms with Crippen molar-refractivity contribution in [3.8, 4) is 0 Å².